The standard InChI is InChI=1S/C18H34O3/c1-5-7-8-9-10-11-15(19)13-18(21)14(6-2)12-16(20)17(18,3)4/h6,14-16,19-21H,2,5,7-13H2,1,3-4H3/t14-,15+,16+,18+/m0/s1. The largest absolute Gasteiger partial charge is 0.393 e. The van der Waals surface area contributed by atoms with Crippen molar-refractivity contribution in [3.05, 3.63) is 12.7 Å². The molecule has 124 valence electrons. The van der Waals surface area contributed by atoms with Gasteiger partial charge in [-0.05, 0) is 12.8 Å². The zero-order chi connectivity index (χ0) is 16.1. The molecule has 0 bridgehead atoms. The highest BCUT2D eigenvalue weighted by atomic mass is 16.3. The van der Waals surface area contributed by atoms with Gasteiger partial charge in [0.15, 0.2) is 0 Å². The molecule has 1 fully saturated rings. The summed E-state index contributed by atoms with van der Waals surface area (Å²) in [6, 6.07) is 0. The minimum atomic E-state index is -1.07. The van der Waals surface area contributed by atoms with E-state index in [0.29, 0.717) is 12.8 Å². The molecule has 0 aromatic heterocycles. The van der Waals surface area contributed by atoms with Gasteiger partial charge in [0.05, 0.1) is 17.8 Å². The Hall–Kier alpha value is -0.380. The third-order valence-electron chi connectivity index (χ3n) is 5.51. The van der Waals surface area contributed by atoms with Gasteiger partial charge >= 0.3 is 0 Å². The van der Waals surface area contributed by atoms with E-state index < -0.39 is 23.2 Å². The third kappa shape index (κ3) is 4.08. The Morgan fingerprint density at radius 2 is 1.86 bits per heavy atom. The lowest BCUT2D eigenvalue weighted by atomic mass is 9.70. The minimum absolute atomic E-state index is 0.155. The van der Waals surface area contributed by atoms with Crippen molar-refractivity contribution in [2.45, 2.75) is 89.9 Å². The summed E-state index contributed by atoms with van der Waals surface area (Å²) in [5.41, 5.74) is -1.69. The average Bonchev–Trinajstić information content (AvgIpc) is 2.58. The SMILES string of the molecule is C=C[C@H]1C[C@@H](O)C(C)(C)[C@@]1(O)C[C@H](O)CCCCCCC. The van der Waals surface area contributed by atoms with E-state index >= 15 is 0 Å². The van der Waals surface area contributed by atoms with Gasteiger partial charge in [0.1, 0.15) is 0 Å². The molecule has 0 aliphatic heterocycles. The molecule has 1 aliphatic rings. The molecule has 0 spiro atoms. The zero-order valence-electron chi connectivity index (χ0n) is 14.0. The monoisotopic (exact) mass is 298 g/mol. The summed E-state index contributed by atoms with van der Waals surface area (Å²) >= 11 is 0. The van der Waals surface area contributed by atoms with E-state index in [4.69, 9.17) is 0 Å². The van der Waals surface area contributed by atoms with Crippen molar-refractivity contribution in [2.24, 2.45) is 11.3 Å². The Morgan fingerprint density at radius 1 is 1.24 bits per heavy atom. The molecule has 3 heteroatoms. The van der Waals surface area contributed by atoms with Crippen molar-refractivity contribution in [1.82, 2.24) is 0 Å². The first-order valence-corrected chi connectivity index (χ1v) is 8.50. The molecule has 0 aromatic rings. The molecule has 1 saturated carbocycles. The highest BCUT2D eigenvalue weighted by Gasteiger charge is 2.58. The maximum Gasteiger partial charge on any atom is 0.0810 e. The first-order chi connectivity index (χ1) is 9.79. The van der Waals surface area contributed by atoms with Gasteiger partial charge in [-0.15, -0.1) is 6.58 Å². The van der Waals surface area contributed by atoms with E-state index in [1.165, 1.54) is 19.3 Å². The molecule has 21 heavy (non-hydrogen) atoms. The summed E-state index contributed by atoms with van der Waals surface area (Å²) in [7, 11) is 0. The van der Waals surface area contributed by atoms with E-state index in [1.807, 2.05) is 13.8 Å². The number of aliphatic hydroxyl groups is 3. The number of rotatable bonds is 9. The molecule has 0 amide bonds. The maximum atomic E-state index is 11.1. The van der Waals surface area contributed by atoms with Crippen LogP contribution in [-0.4, -0.2) is 33.1 Å². The van der Waals surface area contributed by atoms with E-state index in [-0.39, 0.29) is 5.92 Å². The smallest absolute Gasteiger partial charge is 0.0810 e. The van der Waals surface area contributed by atoms with Gasteiger partial charge in [0.2, 0.25) is 0 Å². The summed E-state index contributed by atoms with van der Waals surface area (Å²) in [5.74, 6) is -0.155. The molecule has 3 N–H and O–H groups in total. The fourth-order valence-electron chi connectivity index (χ4n) is 3.65. The Bertz CT molecular complexity index is 326. The summed E-state index contributed by atoms with van der Waals surface area (Å²) in [6.45, 7) is 9.74. The first kappa shape index (κ1) is 18.7. The van der Waals surface area contributed by atoms with Crippen molar-refractivity contribution < 1.29 is 15.3 Å². The van der Waals surface area contributed by atoms with E-state index in [0.717, 1.165) is 19.3 Å². The molecule has 1 aliphatic carbocycles. The molecule has 0 aromatic carbocycles. The lowest BCUT2D eigenvalue weighted by Gasteiger charge is -2.42. The molecule has 4 atom stereocenters. The van der Waals surface area contributed by atoms with Gasteiger partial charge in [-0.2, -0.15) is 0 Å². The predicted octanol–water partition coefficient (Wildman–Crippen LogP) is 3.42. The Morgan fingerprint density at radius 3 is 2.43 bits per heavy atom. The third-order valence-corrected chi connectivity index (χ3v) is 5.51. The number of hydrogen-bond acceptors (Lipinski definition) is 3. The summed E-state index contributed by atoms with van der Waals surface area (Å²) in [6.07, 6.45) is 8.05. The Balaban J connectivity index is 2.55. The summed E-state index contributed by atoms with van der Waals surface area (Å²) in [5, 5.41) is 31.5. The van der Waals surface area contributed by atoms with Crippen LogP contribution in [0.25, 0.3) is 0 Å². The summed E-state index contributed by atoms with van der Waals surface area (Å²) in [4.78, 5) is 0. The van der Waals surface area contributed by atoms with Crippen LogP contribution in [-0.2, 0) is 0 Å². The van der Waals surface area contributed by atoms with Crippen molar-refractivity contribution in [2.75, 3.05) is 0 Å². The Labute approximate surface area is 130 Å². The van der Waals surface area contributed by atoms with Crippen molar-refractivity contribution in [3.8, 4) is 0 Å². The lowest BCUT2D eigenvalue weighted by molar-refractivity contribution is -0.118. The van der Waals surface area contributed by atoms with Gasteiger partial charge in [-0.25, -0.2) is 0 Å². The minimum Gasteiger partial charge on any atom is -0.393 e. The van der Waals surface area contributed by atoms with Crippen molar-refractivity contribution >= 4 is 0 Å². The predicted molar refractivity (Wildman–Crippen MR) is 87.0 cm³/mol. The molecular weight excluding hydrogens is 264 g/mol. The van der Waals surface area contributed by atoms with Crippen LogP contribution in [0.2, 0.25) is 0 Å². The van der Waals surface area contributed by atoms with Gasteiger partial charge in [-0.1, -0.05) is 59.0 Å². The fraction of sp³-hybridized carbons (Fsp3) is 0.889. The van der Waals surface area contributed by atoms with Crippen LogP contribution in [0, 0.1) is 11.3 Å². The highest BCUT2D eigenvalue weighted by molar-refractivity contribution is 5.13. The molecule has 0 heterocycles. The van der Waals surface area contributed by atoms with Gasteiger partial charge in [0.25, 0.3) is 0 Å². The Kier molecular flexibility index (Phi) is 6.89. The second-order valence-corrected chi connectivity index (χ2v) is 7.30. The zero-order valence-corrected chi connectivity index (χ0v) is 14.0. The molecule has 0 unspecified atom stereocenters. The number of aliphatic hydroxyl groups excluding tert-OH is 2. The van der Waals surface area contributed by atoms with Crippen LogP contribution in [0.4, 0.5) is 0 Å². The van der Waals surface area contributed by atoms with E-state index in [9.17, 15) is 15.3 Å². The second kappa shape index (κ2) is 7.75. The van der Waals surface area contributed by atoms with Crippen LogP contribution in [0.1, 0.15) is 72.1 Å². The lowest BCUT2D eigenvalue weighted by Crippen LogP contribution is -2.49. The molecule has 0 saturated heterocycles. The van der Waals surface area contributed by atoms with Crippen LogP contribution in [0.5, 0.6) is 0 Å². The van der Waals surface area contributed by atoms with Crippen LogP contribution >= 0.6 is 0 Å². The van der Waals surface area contributed by atoms with E-state index in [2.05, 4.69) is 13.5 Å². The molecule has 3 nitrogen and oxygen atoms in total. The fourth-order valence-corrected chi connectivity index (χ4v) is 3.65. The maximum absolute atomic E-state index is 11.1. The topological polar surface area (TPSA) is 60.7 Å². The van der Waals surface area contributed by atoms with Crippen molar-refractivity contribution in [3.63, 3.8) is 0 Å². The normalized spacial score (nSPS) is 33.0. The second-order valence-electron chi connectivity index (χ2n) is 7.30. The average molecular weight is 298 g/mol. The molecule has 1 rings (SSSR count). The van der Waals surface area contributed by atoms with Crippen LogP contribution in [0.3, 0.4) is 0 Å². The molecular formula is C18H34O3. The van der Waals surface area contributed by atoms with Crippen LogP contribution < -0.4 is 0 Å². The van der Waals surface area contributed by atoms with Gasteiger partial charge in [0, 0.05) is 17.8 Å². The highest BCUT2D eigenvalue weighted by Crippen LogP contribution is 2.52. The van der Waals surface area contributed by atoms with Crippen molar-refractivity contribution in [1.29, 1.82) is 0 Å². The van der Waals surface area contributed by atoms with Gasteiger partial charge in [-0.3, -0.25) is 0 Å². The van der Waals surface area contributed by atoms with E-state index in [1.54, 1.807) is 6.08 Å². The number of unbranched alkanes of at least 4 members (excludes halogenated alkanes) is 4. The molecule has 0 radical (unpaired) electrons. The van der Waals surface area contributed by atoms with Crippen LogP contribution in [0.15, 0.2) is 12.7 Å². The van der Waals surface area contributed by atoms with Gasteiger partial charge < -0.3 is 15.3 Å². The first-order valence-electron chi connectivity index (χ1n) is 8.50. The quantitative estimate of drug-likeness (QED) is 0.451. The number of hydrogen-bond donors (Lipinski definition) is 3. The summed E-state index contributed by atoms with van der Waals surface area (Å²) < 4.78 is 0.